The number of aliphatic hydroxyl groups is 1. The molecule has 0 aromatic rings. The second kappa shape index (κ2) is 7.65. The van der Waals surface area contributed by atoms with E-state index in [0.29, 0.717) is 26.2 Å². The molecule has 0 saturated carbocycles. The molecule has 0 aliphatic heterocycles. The normalized spacial score (nSPS) is 11.5. The smallest absolute Gasteiger partial charge is 0.220 e. The lowest BCUT2D eigenvalue weighted by Crippen LogP contribution is -2.28. The van der Waals surface area contributed by atoms with E-state index in [2.05, 4.69) is 26.1 Å². The van der Waals surface area contributed by atoms with Crippen molar-refractivity contribution >= 4 is 5.91 Å². The van der Waals surface area contributed by atoms with E-state index < -0.39 is 0 Å². The Bertz CT molecular complexity index is 175. The molecule has 90 valence electrons. The van der Waals surface area contributed by atoms with Crippen LogP contribution in [0.3, 0.4) is 0 Å². The van der Waals surface area contributed by atoms with Crippen LogP contribution in [0.1, 0.15) is 33.6 Å². The van der Waals surface area contributed by atoms with Crippen LogP contribution in [0, 0.1) is 5.41 Å². The molecule has 0 bridgehead atoms. The van der Waals surface area contributed by atoms with E-state index in [1.807, 2.05) is 0 Å². The van der Waals surface area contributed by atoms with Crippen molar-refractivity contribution in [2.24, 2.45) is 5.41 Å². The summed E-state index contributed by atoms with van der Waals surface area (Å²) in [5.41, 5.74) is 0.199. The number of carbonyl (C=O) groups excluding carboxylic acids is 1. The second-order valence-corrected chi connectivity index (χ2v) is 4.75. The van der Waals surface area contributed by atoms with Gasteiger partial charge in [-0.2, -0.15) is 0 Å². The average molecular weight is 217 g/mol. The van der Waals surface area contributed by atoms with E-state index in [1.165, 1.54) is 0 Å². The third kappa shape index (κ3) is 11.3. The van der Waals surface area contributed by atoms with Crippen molar-refractivity contribution in [3.63, 3.8) is 0 Å². The Morgan fingerprint density at radius 3 is 2.53 bits per heavy atom. The molecule has 0 heterocycles. The van der Waals surface area contributed by atoms with Crippen molar-refractivity contribution in [3.05, 3.63) is 0 Å². The highest BCUT2D eigenvalue weighted by Gasteiger charge is 2.12. The van der Waals surface area contributed by atoms with E-state index in [9.17, 15) is 4.79 Å². The van der Waals surface area contributed by atoms with Crippen LogP contribution in [0.15, 0.2) is 0 Å². The zero-order valence-electron chi connectivity index (χ0n) is 10.0. The summed E-state index contributed by atoms with van der Waals surface area (Å²) in [6, 6.07) is 0. The highest BCUT2D eigenvalue weighted by molar-refractivity contribution is 5.75. The highest BCUT2D eigenvalue weighted by atomic mass is 16.5. The zero-order chi connectivity index (χ0) is 11.7. The van der Waals surface area contributed by atoms with Gasteiger partial charge in [0.2, 0.25) is 5.91 Å². The van der Waals surface area contributed by atoms with E-state index in [1.54, 1.807) is 0 Å². The van der Waals surface area contributed by atoms with Crippen LogP contribution in [0.4, 0.5) is 0 Å². The minimum atomic E-state index is 0.0258. The lowest BCUT2D eigenvalue weighted by molar-refractivity contribution is -0.121. The molecule has 0 aromatic heterocycles. The summed E-state index contributed by atoms with van der Waals surface area (Å²) >= 11 is 0. The van der Waals surface area contributed by atoms with Gasteiger partial charge in [0.05, 0.1) is 19.8 Å². The maximum atomic E-state index is 11.3. The fraction of sp³-hybridized carbons (Fsp3) is 0.909. The van der Waals surface area contributed by atoms with Gasteiger partial charge in [-0.3, -0.25) is 4.79 Å². The first-order valence-electron chi connectivity index (χ1n) is 5.41. The lowest BCUT2D eigenvalue weighted by Gasteiger charge is -2.17. The number of hydrogen-bond acceptors (Lipinski definition) is 3. The van der Waals surface area contributed by atoms with Crippen LogP contribution in [0.2, 0.25) is 0 Å². The fourth-order valence-electron chi connectivity index (χ4n) is 1.01. The van der Waals surface area contributed by atoms with Crippen molar-refractivity contribution in [3.8, 4) is 0 Å². The number of ether oxygens (including phenoxy) is 1. The van der Waals surface area contributed by atoms with Crippen molar-refractivity contribution in [2.45, 2.75) is 33.6 Å². The van der Waals surface area contributed by atoms with Crippen molar-refractivity contribution in [1.82, 2.24) is 5.32 Å². The minimum absolute atomic E-state index is 0.0258. The summed E-state index contributed by atoms with van der Waals surface area (Å²) in [7, 11) is 0. The Hall–Kier alpha value is -0.610. The summed E-state index contributed by atoms with van der Waals surface area (Å²) in [5.74, 6) is 0.0672. The third-order valence-corrected chi connectivity index (χ3v) is 1.91. The fourth-order valence-corrected chi connectivity index (χ4v) is 1.01. The Morgan fingerprint density at radius 1 is 1.33 bits per heavy atom. The van der Waals surface area contributed by atoms with Gasteiger partial charge in [-0.15, -0.1) is 0 Å². The van der Waals surface area contributed by atoms with E-state index in [0.717, 1.165) is 6.42 Å². The largest absolute Gasteiger partial charge is 0.394 e. The molecule has 0 atom stereocenters. The number of amides is 1. The quantitative estimate of drug-likeness (QED) is 0.624. The molecule has 1 amide bonds. The van der Waals surface area contributed by atoms with Crippen LogP contribution < -0.4 is 5.32 Å². The molecule has 0 aliphatic rings. The number of rotatable bonds is 7. The molecule has 0 rings (SSSR count). The summed E-state index contributed by atoms with van der Waals surface area (Å²) in [6.45, 7) is 7.68. The number of carbonyl (C=O) groups is 1. The molecule has 0 saturated heterocycles. The minimum Gasteiger partial charge on any atom is -0.394 e. The topological polar surface area (TPSA) is 58.6 Å². The van der Waals surface area contributed by atoms with Crippen molar-refractivity contribution in [2.75, 3.05) is 26.4 Å². The summed E-state index contributed by atoms with van der Waals surface area (Å²) in [4.78, 5) is 11.3. The molecular weight excluding hydrogens is 194 g/mol. The number of nitrogens with one attached hydrogen (secondary N) is 1. The Kier molecular flexibility index (Phi) is 7.34. The second-order valence-electron chi connectivity index (χ2n) is 4.75. The first kappa shape index (κ1) is 14.4. The molecule has 4 nitrogen and oxygen atoms in total. The first-order valence-corrected chi connectivity index (χ1v) is 5.41. The van der Waals surface area contributed by atoms with Gasteiger partial charge in [0.15, 0.2) is 0 Å². The Labute approximate surface area is 92.0 Å². The van der Waals surface area contributed by atoms with Gasteiger partial charge in [-0.05, 0) is 11.8 Å². The standard InChI is InChI=1S/C11H23NO3/c1-11(2,3)5-4-10(14)12-6-8-15-9-7-13/h13H,4-9H2,1-3H3,(H,12,14). The summed E-state index contributed by atoms with van der Waals surface area (Å²) in [5, 5.41) is 11.2. The van der Waals surface area contributed by atoms with Gasteiger partial charge >= 0.3 is 0 Å². The third-order valence-electron chi connectivity index (χ3n) is 1.91. The van der Waals surface area contributed by atoms with Crippen LogP contribution >= 0.6 is 0 Å². The predicted octanol–water partition coefficient (Wildman–Crippen LogP) is 0.938. The molecule has 0 fully saturated rings. The highest BCUT2D eigenvalue weighted by Crippen LogP contribution is 2.19. The molecule has 15 heavy (non-hydrogen) atoms. The molecule has 0 unspecified atom stereocenters. The summed E-state index contributed by atoms with van der Waals surface area (Å²) < 4.78 is 5.01. The Balaban J connectivity index is 3.34. The van der Waals surface area contributed by atoms with Crippen LogP contribution in [0.5, 0.6) is 0 Å². The maximum Gasteiger partial charge on any atom is 0.220 e. The van der Waals surface area contributed by atoms with Gasteiger partial charge in [-0.1, -0.05) is 20.8 Å². The monoisotopic (exact) mass is 217 g/mol. The van der Waals surface area contributed by atoms with E-state index >= 15 is 0 Å². The van der Waals surface area contributed by atoms with Gasteiger partial charge in [-0.25, -0.2) is 0 Å². The molecule has 2 N–H and O–H groups in total. The molecule has 0 radical (unpaired) electrons. The van der Waals surface area contributed by atoms with Crippen molar-refractivity contribution in [1.29, 1.82) is 0 Å². The lowest BCUT2D eigenvalue weighted by atomic mass is 9.90. The van der Waals surface area contributed by atoms with Gasteiger partial charge in [0, 0.05) is 13.0 Å². The van der Waals surface area contributed by atoms with Crippen LogP contribution in [-0.2, 0) is 9.53 Å². The van der Waals surface area contributed by atoms with Gasteiger partial charge < -0.3 is 15.2 Å². The maximum absolute atomic E-state index is 11.3. The van der Waals surface area contributed by atoms with Gasteiger partial charge in [0.25, 0.3) is 0 Å². The number of hydrogen-bond donors (Lipinski definition) is 2. The Morgan fingerprint density at radius 2 is 2.00 bits per heavy atom. The van der Waals surface area contributed by atoms with Crippen molar-refractivity contribution < 1.29 is 14.6 Å². The average Bonchev–Trinajstić information content (AvgIpc) is 2.13. The molecular formula is C11H23NO3. The predicted molar refractivity (Wildman–Crippen MR) is 59.6 cm³/mol. The molecule has 0 aliphatic carbocycles. The number of aliphatic hydroxyl groups excluding tert-OH is 1. The van der Waals surface area contributed by atoms with Crippen LogP contribution in [-0.4, -0.2) is 37.4 Å². The van der Waals surface area contributed by atoms with Crippen LogP contribution in [0.25, 0.3) is 0 Å². The first-order chi connectivity index (χ1) is 6.95. The van der Waals surface area contributed by atoms with E-state index in [-0.39, 0.29) is 17.9 Å². The summed E-state index contributed by atoms with van der Waals surface area (Å²) in [6.07, 6.45) is 1.44. The van der Waals surface area contributed by atoms with E-state index in [4.69, 9.17) is 9.84 Å². The molecule has 0 aromatic carbocycles. The molecule has 0 spiro atoms. The SMILES string of the molecule is CC(C)(C)CCC(=O)NCCOCCO. The molecule has 4 heteroatoms. The zero-order valence-corrected chi connectivity index (χ0v) is 10.0. The van der Waals surface area contributed by atoms with Gasteiger partial charge in [0.1, 0.15) is 0 Å².